The Morgan fingerprint density at radius 1 is 1.20 bits per heavy atom. The maximum absolute atomic E-state index is 2.32. The van der Waals surface area contributed by atoms with E-state index >= 15 is 0 Å². The van der Waals surface area contributed by atoms with Gasteiger partial charge in [0.15, 0.2) is 0 Å². The standard InChI is InChI=1S/C10H12/c1-10-6-3-2-4-9(8-10)5-7-10/h2-7,9H,8H2,1H3. The molecule has 0 heteroatoms. The van der Waals surface area contributed by atoms with Gasteiger partial charge in [-0.2, -0.15) is 0 Å². The Morgan fingerprint density at radius 2 is 2.10 bits per heavy atom. The molecule has 0 saturated heterocycles. The summed E-state index contributed by atoms with van der Waals surface area (Å²) >= 11 is 0. The highest BCUT2D eigenvalue weighted by atomic mass is 14.3. The average molecular weight is 132 g/mol. The zero-order valence-corrected chi connectivity index (χ0v) is 6.25. The summed E-state index contributed by atoms with van der Waals surface area (Å²) in [7, 11) is 0. The van der Waals surface area contributed by atoms with Gasteiger partial charge in [-0.3, -0.25) is 0 Å². The van der Waals surface area contributed by atoms with Gasteiger partial charge < -0.3 is 0 Å². The number of allylic oxidation sites excluding steroid dienone is 6. The van der Waals surface area contributed by atoms with E-state index in [4.69, 9.17) is 0 Å². The molecule has 0 heterocycles. The molecule has 0 nitrogen and oxygen atoms in total. The molecule has 2 aliphatic carbocycles. The van der Waals surface area contributed by atoms with Gasteiger partial charge in [0, 0.05) is 5.41 Å². The van der Waals surface area contributed by atoms with Crippen LogP contribution in [-0.4, -0.2) is 0 Å². The van der Waals surface area contributed by atoms with E-state index in [1.807, 2.05) is 0 Å². The van der Waals surface area contributed by atoms with Gasteiger partial charge in [-0.25, -0.2) is 0 Å². The first-order valence-corrected chi connectivity index (χ1v) is 3.84. The van der Waals surface area contributed by atoms with Crippen LogP contribution in [0.1, 0.15) is 13.3 Å². The molecule has 2 atom stereocenters. The molecule has 0 spiro atoms. The summed E-state index contributed by atoms with van der Waals surface area (Å²) in [4.78, 5) is 0. The van der Waals surface area contributed by atoms with Crippen LogP contribution in [0, 0.1) is 11.3 Å². The van der Waals surface area contributed by atoms with Gasteiger partial charge in [0.05, 0.1) is 0 Å². The van der Waals surface area contributed by atoms with Crippen molar-refractivity contribution < 1.29 is 0 Å². The minimum Gasteiger partial charge on any atom is -0.0807 e. The Bertz CT molecular complexity index is 220. The molecule has 2 rings (SSSR count). The molecular weight excluding hydrogens is 120 g/mol. The van der Waals surface area contributed by atoms with E-state index in [0.717, 1.165) is 0 Å². The first-order chi connectivity index (χ1) is 4.79. The van der Waals surface area contributed by atoms with Gasteiger partial charge >= 0.3 is 0 Å². The monoisotopic (exact) mass is 132 g/mol. The van der Waals surface area contributed by atoms with Crippen LogP contribution in [0.2, 0.25) is 0 Å². The number of rotatable bonds is 0. The van der Waals surface area contributed by atoms with Gasteiger partial charge in [0.25, 0.3) is 0 Å². The Hall–Kier alpha value is -0.780. The van der Waals surface area contributed by atoms with Crippen molar-refractivity contribution in [3.05, 3.63) is 36.5 Å². The number of hydrogen-bond acceptors (Lipinski definition) is 0. The van der Waals surface area contributed by atoms with Gasteiger partial charge in [-0.15, -0.1) is 0 Å². The van der Waals surface area contributed by atoms with E-state index in [0.29, 0.717) is 11.3 Å². The molecule has 0 aliphatic heterocycles. The highest BCUT2D eigenvalue weighted by Crippen LogP contribution is 2.38. The topological polar surface area (TPSA) is 0 Å². The summed E-state index contributed by atoms with van der Waals surface area (Å²) in [5.41, 5.74) is 0.355. The molecule has 2 unspecified atom stereocenters. The molecule has 2 bridgehead atoms. The van der Waals surface area contributed by atoms with E-state index in [9.17, 15) is 0 Å². The van der Waals surface area contributed by atoms with Gasteiger partial charge in [-0.1, -0.05) is 43.4 Å². The lowest BCUT2D eigenvalue weighted by Crippen LogP contribution is -2.05. The SMILES string of the molecule is CC12C=CC=CC(C=C1)C2. The Labute approximate surface area is 61.9 Å². The van der Waals surface area contributed by atoms with Gasteiger partial charge in [-0.05, 0) is 12.3 Å². The summed E-state index contributed by atoms with van der Waals surface area (Å²) in [5, 5.41) is 0. The fraction of sp³-hybridized carbons (Fsp3) is 0.400. The van der Waals surface area contributed by atoms with Crippen LogP contribution in [0.15, 0.2) is 36.5 Å². The van der Waals surface area contributed by atoms with Crippen molar-refractivity contribution in [3.8, 4) is 0 Å². The van der Waals surface area contributed by atoms with Crippen LogP contribution >= 0.6 is 0 Å². The van der Waals surface area contributed by atoms with Crippen molar-refractivity contribution >= 4 is 0 Å². The molecule has 0 saturated carbocycles. The lowest BCUT2D eigenvalue weighted by Gasteiger charge is -2.15. The highest BCUT2D eigenvalue weighted by molar-refractivity contribution is 5.26. The van der Waals surface area contributed by atoms with Gasteiger partial charge in [0.2, 0.25) is 0 Å². The Kier molecular flexibility index (Phi) is 1.10. The summed E-state index contributed by atoms with van der Waals surface area (Å²) in [6.45, 7) is 2.28. The predicted octanol–water partition coefficient (Wildman–Crippen LogP) is 2.69. The van der Waals surface area contributed by atoms with Gasteiger partial charge in [0.1, 0.15) is 0 Å². The number of fused-ring (bicyclic) bond motifs is 2. The van der Waals surface area contributed by atoms with E-state index in [-0.39, 0.29) is 0 Å². The minimum absolute atomic E-state index is 0.355. The predicted molar refractivity (Wildman–Crippen MR) is 43.6 cm³/mol. The summed E-state index contributed by atoms with van der Waals surface area (Å²) in [5.74, 6) is 0.694. The molecule has 0 N–H and O–H groups in total. The van der Waals surface area contributed by atoms with Crippen LogP contribution in [0.5, 0.6) is 0 Å². The van der Waals surface area contributed by atoms with Crippen molar-refractivity contribution in [2.45, 2.75) is 13.3 Å². The van der Waals surface area contributed by atoms with Crippen molar-refractivity contribution in [1.29, 1.82) is 0 Å². The smallest absolute Gasteiger partial charge is 0.00446 e. The zero-order chi connectivity index (χ0) is 7.03. The third kappa shape index (κ3) is 0.841. The Balaban J connectivity index is 2.38. The second-order valence-corrected chi connectivity index (χ2v) is 3.48. The third-order valence-corrected chi connectivity index (χ3v) is 2.35. The zero-order valence-electron chi connectivity index (χ0n) is 6.25. The van der Waals surface area contributed by atoms with Crippen LogP contribution in [0.3, 0.4) is 0 Å². The normalized spacial score (nSPS) is 42.3. The van der Waals surface area contributed by atoms with E-state index in [2.05, 4.69) is 43.4 Å². The summed E-state index contributed by atoms with van der Waals surface area (Å²) < 4.78 is 0. The van der Waals surface area contributed by atoms with Crippen LogP contribution in [-0.2, 0) is 0 Å². The van der Waals surface area contributed by atoms with Crippen LogP contribution < -0.4 is 0 Å². The average Bonchev–Trinajstić information content (AvgIpc) is 2.11. The fourth-order valence-corrected chi connectivity index (χ4v) is 1.73. The summed E-state index contributed by atoms with van der Waals surface area (Å²) in [6.07, 6.45) is 14.7. The lowest BCUT2D eigenvalue weighted by atomic mass is 9.88. The molecule has 0 aromatic heterocycles. The first-order valence-electron chi connectivity index (χ1n) is 3.84. The number of hydrogen-bond donors (Lipinski definition) is 0. The molecule has 0 aromatic rings. The molecule has 0 radical (unpaired) electrons. The second kappa shape index (κ2) is 1.85. The largest absolute Gasteiger partial charge is 0.0807 e. The van der Waals surface area contributed by atoms with Crippen molar-refractivity contribution in [3.63, 3.8) is 0 Å². The molecular formula is C10H12. The minimum atomic E-state index is 0.355. The van der Waals surface area contributed by atoms with Crippen molar-refractivity contribution in [1.82, 2.24) is 0 Å². The fourth-order valence-electron chi connectivity index (χ4n) is 1.73. The third-order valence-electron chi connectivity index (χ3n) is 2.35. The molecule has 2 aliphatic rings. The Morgan fingerprint density at radius 3 is 3.00 bits per heavy atom. The molecule has 52 valence electrons. The second-order valence-electron chi connectivity index (χ2n) is 3.48. The van der Waals surface area contributed by atoms with E-state index in [1.54, 1.807) is 0 Å². The molecule has 10 heavy (non-hydrogen) atoms. The van der Waals surface area contributed by atoms with E-state index in [1.165, 1.54) is 6.42 Å². The van der Waals surface area contributed by atoms with Crippen LogP contribution in [0.4, 0.5) is 0 Å². The first kappa shape index (κ1) is 5.96. The van der Waals surface area contributed by atoms with Crippen molar-refractivity contribution in [2.24, 2.45) is 11.3 Å². The quantitative estimate of drug-likeness (QED) is 0.444. The molecule has 0 amide bonds. The maximum atomic E-state index is 2.32. The maximum Gasteiger partial charge on any atom is 0.00446 e. The molecule has 0 aromatic carbocycles. The lowest BCUT2D eigenvalue weighted by molar-refractivity contribution is 0.501. The van der Waals surface area contributed by atoms with Crippen LogP contribution in [0.25, 0.3) is 0 Å². The molecule has 0 fully saturated rings. The van der Waals surface area contributed by atoms with Crippen molar-refractivity contribution in [2.75, 3.05) is 0 Å². The van der Waals surface area contributed by atoms with E-state index < -0.39 is 0 Å². The summed E-state index contributed by atoms with van der Waals surface area (Å²) in [6, 6.07) is 0. The highest BCUT2D eigenvalue weighted by Gasteiger charge is 2.26.